The van der Waals surface area contributed by atoms with Gasteiger partial charge in [-0.15, -0.1) is 0 Å². The maximum Gasteiger partial charge on any atom is 0.244 e. The minimum atomic E-state index is -3.86. The molecule has 9 heteroatoms. The van der Waals surface area contributed by atoms with E-state index >= 15 is 0 Å². The van der Waals surface area contributed by atoms with Crippen molar-refractivity contribution in [2.24, 2.45) is 5.41 Å². The Labute approximate surface area is 211 Å². The number of hydrogen-bond donors (Lipinski definition) is 0. The molecule has 0 aromatic heterocycles. The maximum atomic E-state index is 13.5. The molecule has 0 unspecified atom stereocenters. The van der Waals surface area contributed by atoms with Gasteiger partial charge >= 0.3 is 0 Å². The Hall–Kier alpha value is -1.80. The van der Waals surface area contributed by atoms with E-state index in [1.54, 1.807) is 0 Å². The van der Waals surface area contributed by atoms with Gasteiger partial charge in [0.1, 0.15) is 10.6 Å². The molecule has 2 aromatic rings. The van der Waals surface area contributed by atoms with Gasteiger partial charge < -0.3 is 9.64 Å². The Balaban J connectivity index is 1.59. The van der Waals surface area contributed by atoms with Crippen LogP contribution in [-0.2, 0) is 14.8 Å². The molecule has 34 heavy (non-hydrogen) atoms. The van der Waals surface area contributed by atoms with Crippen LogP contribution in [0.1, 0.15) is 38.5 Å². The van der Waals surface area contributed by atoms with Crippen molar-refractivity contribution in [3.8, 4) is 5.75 Å². The first-order valence-electron chi connectivity index (χ1n) is 11.7. The zero-order valence-electron chi connectivity index (χ0n) is 19.1. The molecule has 2 heterocycles. The fourth-order valence-corrected chi connectivity index (χ4v) is 7.17. The largest absolute Gasteiger partial charge is 0.493 e. The lowest BCUT2D eigenvalue weighted by Gasteiger charge is -2.42. The molecule has 0 aliphatic carbocycles. The number of sulfonamides is 1. The number of piperidine rings is 2. The molecule has 1 amide bonds. The molecule has 0 bridgehead atoms. The molecule has 184 valence electrons. The van der Waals surface area contributed by atoms with Gasteiger partial charge in [0.25, 0.3) is 0 Å². The van der Waals surface area contributed by atoms with Crippen LogP contribution >= 0.6 is 23.2 Å². The van der Waals surface area contributed by atoms with Crippen molar-refractivity contribution in [1.82, 2.24) is 9.21 Å². The molecule has 0 radical (unpaired) electrons. The summed E-state index contributed by atoms with van der Waals surface area (Å²) in [6, 6.07) is 13.8. The summed E-state index contributed by atoms with van der Waals surface area (Å²) in [5.74, 6) is 0.771. The Kier molecular flexibility index (Phi) is 8.08. The van der Waals surface area contributed by atoms with E-state index in [0.29, 0.717) is 30.2 Å². The number of carbonyl (C=O) groups excluding carboxylic acids is 1. The second-order valence-electron chi connectivity index (χ2n) is 9.24. The van der Waals surface area contributed by atoms with Crippen molar-refractivity contribution in [1.29, 1.82) is 0 Å². The third-order valence-electron chi connectivity index (χ3n) is 6.66. The average Bonchev–Trinajstić information content (AvgIpc) is 2.84. The summed E-state index contributed by atoms with van der Waals surface area (Å²) < 4.78 is 34.6. The second-order valence-corrected chi connectivity index (χ2v) is 12.0. The van der Waals surface area contributed by atoms with E-state index in [9.17, 15) is 13.2 Å². The SMILES string of the molecule is O=C(C[C@@]1(COc2ccccc2)CCCN(S(=O)(=O)c2ccc(Cl)cc2Cl)C1)N1CCCCC1. The van der Waals surface area contributed by atoms with Crippen molar-refractivity contribution in [3.63, 3.8) is 0 Å². The molecule has 0 spiro atoms. The molecule has 1 atom stereocenters. The predicted molar refractivity (Wildman–Crippen MR) is 134 cm³/mol. The molecule has 2 aliphatic rings. The predicted octanol–water partition coefficient (Wildman–Crippen LogP) is 5.25. The number of rotatable bonds is 7. The molecule has 2 saturated heterocycles. The number of carbonyl (C=O) groups is 1. The molecule has 6 nitrogen and oxygen atoms in total. The molecule has 0 N–H and O–H groups in total. The van der Waals surface area contributed by atoms with Crippen molar-refractivity contribution in [3.05, 3.63) is 58.6 Å². The van der Waals surface area contributed by atoms with Crippen LogP contribution in [0.5, 0.6) is 5.75 Å². The Morgan fingerprint density at radius 3 is 2.41 bits per heavy atom. The fraction of sp³-hybridized carbons (Fsp3) is 0.480. The molecule has 4 rings (SSSR count). The average molecular weight is 525 g/mol. The molecular weight excluding hydrogens is 495 g/mol. The highest BCUT2D eigenvalue weighted by atomic mass is 35.5. The zero-order chi connectivity index (χ0) is 24.2. The maximum absolute atomic E-state index is 13.5. The van der Waals surface area contributed by atoms with Gasteiger partial charge in [-0.25, -0.2) is 8.42 Å². The quantitative estimate of drug-likeness (QED) is 0.496. The van der Waals surface area contributed by atoms with Crippen LogP contribution in [0.2, 0.25) is 10.0 Å². The van der Waals surface area contributed by atoms with Crippen LogP contribution in [0.25, 0.3) is 0 Å². The molecule has 0 saturated carbocycles. The normalized spacial score (nSPS) is 21.9. The summed E-state index contributed by atoms with van der Waals surface area (Å²) in [5.41, 5.74) is -0.630. The minimum Gasteiger partial charge on any atom is -0.493 e. The van der Waals surface area contributed by atoms with E-state index in [1.165, 1.54) is 22.5 Å². The van der Waals surface area contributed by atoms with E-state index in [4.69, 9.17) is 27.9 Å². The third kappa shape index (κ3) is 5.88. The molecule has 2 fully saturated rings. The van der Waals surface area contributed by atoms with E-state index in [0.717, 1.165) is 32.4 Å². The first-order chi connectivity index (χ1) is 16.3. The highest BCUT2D eigenvalue weighted by molar-refractivity contribution is 7.89. The van der Waals surface area contributed by atoms with Gasteiger partial charge in [-0.05, 0) is 62.4 Å². The van der Waals surface area contributed by atoms with Gasteiger partial charge in [0.15, 0.2) is 0 Å². The van der Waals surface area contributed by atoms with Crippen LogP contribution in [0.4, 0.5) is 0 Å². The fourth-order valence-electron chi connectivity index (χ4n) is 4.83. The number of amides is 1. The monoisotopic (exact) mass is 524 g/mol. The van der Waals surface area contributed by atoms with Crippen molar-refractivity contribution in [2.45, 2.75) is 43.4 Å². The van der Waals surface area contributed by atoms with E-state index in [-0.39, 0.29) is 35.4 Å². The van der Waals surface area contributed by atoms with Crippen LogP contribution in [-0.4, -0.2) is 56.3 Å². The Morgan fingerprint density at radius 2 is 1.71 bits per heavy atom. The van der Waals surface area contributed by atoms with Crippen LogP contribution < -0.4 is 4.74 Å². The lowest BCUT2D eigenvalue weighted by molar-refractivity contribution is -0.136. The summed E-state index contributed by atoms with van der Waals surface area (Å²) >= 11 is 12.2. The van der Waals surface area contributed by atoms with Crippen molar-refractivity contribution < 1.29 is 17.9 Å². The van der Waals surface area contributed by atoms with E-state index < -0.39 is 15.4 Å². The summed E-state index contributed by atoms with van der Waals surface area (Å²) in [6.45, 7) is 2.34. The number of para-hydroxylation sites is 1. The standard InChI is InChI=1S/C25H30Cl2N2O4S/c26-20-10-11-23(22(27)16-20)34(31,32)29-15-7-12-25(18-29,19-33-21-8-3-1-4-9-21)17-24(30)28-13-5-2-6-14-28/h1,3-4,8-11,16H,2,5-7,12-15,17-19H2/t25-/m0/s1. The van der Waals surface area contributed by atoms with Crippen LogP contribution in [0, 0.1) is 5.41 Å². The van der Waals surface area contributed by atoms with Gasteiger partial charge in [-0.2, -0.15) is 4.31 Å². The van der Waals surface area contributed by atoms with Crippen LogP contribution in [0.3, 0.4) is 0 Å². The summed E-state index contributed by atoms with van der Waals surface area (Å²) in [5, 5.41) is 0.467. The first kappa shape index (κ1) is 25.3. The lowest BCUT2D eigenvalue weighted by atomic mass is 9.78. The van der Waals surface area contributed by atoms with Gasteiger partial charge in [-0.1, -0.05) is 41.4 Å². The highest BCUT2D eigenvalue weighted by Gasteiger charge is 2.43. The summed E-state index contributed by atoms with van der Waals surface area (Å²) in [7, 11) is -3.86. The molecular formula is C25H30Cl2N2O4S. The smallest absolute Gasteiger partial charge is 0.244 e. The summed E-state index contributed by atoms with van der Waals surface area (Å²) in [4.78, 5) is 15.2. The zero-order valence-corrected chi connectivity index (χ0v) is 21.4. The second kappa shape index (κ2) is 10.9. The van der Waals surface area contributed by atoms with Gasteiger partial charge in [0, 0.05) is 43.0 Å². The Morgan fingerprint density at radius 1 is 0.971 bits per heavy atom. The number of ether oxygens (including phenoxy) is 1. The number of halogens is 2. The third-order valence-corrected chi connectivity index (χ3v) is 9.22. The Bertz CT molecular complexity index is 1110. The number of nitrogens with zero attached hydrogens (tertiary/aromatic N) is 2. The number of benzene rings is 2. The van der Waals surface area contributed by atoms with Gasteiger partial charge in [0.05, 0.1) is 11.6 Å². The molecule has 2 aromatic carbocycles. The van der Waals surface area contributed by atoms with E-state index in [2.05, 4.69) is 0 Å². The first-order valence-corrected chi connectivity index (χ1v) is 13.9. The van der Waals surface area contributed by atoms with Crippen molar-refractivity contribution >= 4 is 39.1 Å². The highest BCUT2D eigenvalue weighted by Crippen LogP contribution is 2.38. The number of hydrogen-bond acceptors (Lipinski definition) is 4. The van der Waals surface area contributed by atoms with E-state index in [1.807, 2.05) is 35.2 Å². The lowest BCUT2D eigenvalue weighted by Crippen LogP contribution is -2.51. The topological polar surface area (TPSA) is 66.9 Å². The minimum absolute atomic E-state index is 0.0284. The van der Waals surface area contributed by atoms with Gasteiger partial charge in [-0.3, -0.25) is 4.79 Å². The summed E-state index contributed by atoms with van der Waals surface area (Å²) in [6.07, 6.45) is 4.75. The number of likely N-dealkylation sites (tertiary alicyclic amines) is 1. The van der Waals surface area contributed by atoms with Crippen LogP contribution in [0.15, 0.2) is 53.4 Å². The van der Waals surface area contributed by atoms with Crippen molar-refractivity contribution in [2.75, 3.05) is 32.8 Å². The molecule has 2 aliphatic heterocycles. The van der Waals surface area contributed by atoms with Gasteiger partial charge in [0.2, 0.25) is 15.9 Å².